The minimum Gasteiger partial charge on any atom is -0.338 e. The number of nitrogens with one attached hydrogen (secondary N) is 1. The monoisotopic (exact) mass is 404 g/mol. The third-order valence-corrected chi connectivity index (χ3v) is 5.55. The molecular weight excluding hydrogens is 376 g/mol. The molecule has 3 aromatic rings. The highest BCUT2D eigenvalue weighted by atomic mass is 16.5. The molecule has 2 heterocycles. The van der Waals surface area contributed by atoms with Gasteiger partial charge in [0.2, 0.25) is 17.6 Å². The van der Waals surface area contributed by atoms with Crippen LogP contribution >= 0.6 is 0 Å². The van der Waals surface area contributed by atoms with Crippen molar-refractivity contribution in [2.45, 2.75) is 40.2 Å². The third kappa shape index (κ3) is 4.94. The number of aromatic nitrogens is 2. The first-order valence-corrected chi connectivity index (χ1v) is 10.5. The van der Waals surface area contributed by atoms with E-state index < -0.39 is 0 Å². The van der Waals surface area contributed by atoms with Crippen molar-refractivity contribution in [3.63, 3.8) is 0 Å². The zero-order chi connectivity index (χ0) is 21.1. The van der Waals surface area contributed by atoms with Crippen molar-refractivity contribution in [3.05, 3.63) is 65.0 Å². The van der Waals surface area contributed by atoms with Crippen LogP contribution in [0.2, 0.25) is 0 Å². The van der Waals surface area contributed by atoms with E-state index in [0.29, 0.717) is 18.3 Å². The third-order valence-electron chi connectivity index (χ3n) is 5.55. The van der Waals surface area contributed by atoms with Gasteiger partial charge in [-0.05, 0) is 76.0 Å². The Kier molecular flexibility index (Phi) is 5.95. The summed E-state index contributed by atoms with van der Waals surface area (Å²) >= 11 is 0. The van der Waals surface area contributed by atoms with Gasteiger partial charge in [0.15, 0.2) is 0 Å². The number of benzene rings is 2. The summed E-state index contributed by atoms with van der Waals surface area (Å²) in [4.78, 5) is 19.5. The van der Waals surface area contributed by atoms with Crippen LogP contribution in [0.5, 0.6) is 0 Å². The molecule has 1 saturated heterocycles. The van der Waals surface area contributed by atoms with E-state index in [4.69, 9.17) is 4.52 Å². The number of piperidine rings is 1. The SMILES string of the molecule is Cc1cc(C)cc(NC(=O)C2CCN(Cc3nc(-c4cccc(C)c4)no3)CC2)c1. The summed E-state index contributed by atoms with van der Waals surface area (Å²) in [6.07, 6.45) is 1.66. The molecule has 0 radical (unpaired) electrons. The molecular formula is C24H28N4O2. The van der Waals surface area contributed by atoms with Crippen LogP contribution in [0, 0.1) is 26.7 Å². The molecule has 0 saturated carbocycles. The van der Waals surface area contributed by atoms with Gasteiger partial charge in [-0.15, -0.1) is 0 Å². The second-order valence-corrected chi connectivity index (χ2v) is 8.30. The van der Waals surface area contributed by atoms with Crippen molar-refractivity contribution in [2.75, 3.05) is 18.4 Å². The molecule has 0 atom stereocenters. The molecule has 4 rings (SSSR count). The smallest absolute Gasteiger partial charge is 0.241 e. The van der Waals surface area contributed by atoms with Crippen LogP contribution in [0.15, 0.2) is 47.0 Å². The van der Waals surface area contributed by atoms with Crippen LogP contribution in [0.1, 0.15) is 35.4 Å². The summed E-state index contributed by atoms with van der Waals surface area (Å²) in [5.41, 5.74) is 5.33. The van der Waals surface area contributed by atoms with E-state index in [9.17, 15) is 4.79 Å². The highest BCUT2D eigenvalue weighted by Crippen LogP contribution is 2.23. The fraction of sp³-hybridized carbons (Fsp3) is 0.375. The van der Waals surface area contributed by atoms with E-state index in [2.05, 4.69) is 32.5 Å². The van der Waals surface area contributed by atoms with Crippen molar-refractivity contribution >= 4 is 11.6 Å². The van der Waals surface area contributed by atoms with E-state index >= 15 is 0 Å². The van der Waals surface area contributed by atoms with Crippen LogP contribution in [0.25, 0.3) is 11.4 Å². The van der Waals surface area contributed by atoms with Gasteiger partial charge in [0.25, 0.3) is 0 Å². The van der Waals surface area contributed by atoms with Crippen molar-refractivity contribution < 1.29 is 9.32 Å². The molecule has 1 fully saturated rings. The topological polar surface area (TPSA) is 71.3 Å². The van der Waals surface area contributed by atoms with Gasteiger partial charge in [0.1, 0.15) is 0 Å². The first-order chi connectivity index (χ1) is 14.5. The molecule has 0 bridgehead atoms. The van der Waals surface area contributed by atoms with Gasteiger partial charge in [0.05, 0.1) is 6.54 Å². The van der Waals surface area contributed by atoms with Crippen LogP contribution in [0.4, 0.5) is 5.69 Å². The molecule has 1 amide bonds. The summed E-state index contributed by atoms with van der Waals surface area (Å²) in [6.45, 7) is 8.43. The van der Waals surface area contributed by atoms with Crippen molar-refractivity contribution in [1.29, 1.82) is 0 Å². The average Bonchev–Trinajstić information content (AvgIpc) is 3.16. The summed E-state index contributed by atoms with van der Waals surface area (Å²) in [5, 5.41) is 7.21. The maximum absolute atomic E-state index is 12.7. The largest absolute Gasteiger partial charge is 0.338 e. The van der Waals surface area contributed by atoms with Gasteiger partial charge in [0, 0.05) is 17.2 Å². The Morgan fingerprint density at radius 2 is 1.80 bits per heavy atom. The normalized spacial score (nSPS) is 15.3. The lowest BCUT2D eigenvalue weighted by Crippen LogP contribution is -2.37. The molecule has 2 aromatic carbocycles. The van der Waals surface area contributed by atoms with Gasteiger partial charge in [-0.2, -0.15) is 4.98 Å². The number of hydrogen-bond donors (Lipinski definition) is 1. The van der Waals surface area contributed by atoms with E-state index in [1.807, 2.05) is 51.1 Å². The highest BCUT2D eigenvalue weighted by molar-refractivity contribution is 5.92. The molecule has 1 aromatic heterocycles. The zero-order valence-electron chi connectivity index (χ0n) is 17.8. The highest BCUT2D eigenvalue weighted by Gasteiger charge is 2.26. The lowest BCUT2D eigenvalue weighted by molar-refractivity contribution is -0.121. The molecule has 6 nitrogen and oxygen atoms in total. The molecule has 30 heavy (non-hydrogen) atoms. The Morgan fingerprint density at radius 3 is 2.50 bits per heavy atom. The first kappa shape index (κ1) is 20.3. The van der Waals surface area contributed by atoms with Gasteiger partial charge < -0.3 is 9.84 Å². The van der Waals surface area contributed by atoms with Crippen molar-refractivity contribution in [2.24, 2.45) is 5.92 Å². The van der Waals surface area contributed by atoms with Crippen molar-refractivity contribution in [1.82, 2.24) is 15.0 Å². The average molecular weight is 405 g/mol. The molecule has 0 aliphatic carbocycles. The zero-order valence-corrected chi connectivity index (χ0v) is 17.8. The Labute approximate surface area is 177 Å². The number of rotatable bonds is 5. The van der Waals surface area contributed by atoms with Gasteiger partial charge in [-0.25, -0.2) is 0 Å². The van der Waals surface area contributed by atoms with Gasteiger partial charge >= 0.3 is 0 Å². The number of anilines is 1. The fourth-order valence-corrected chi connectivity index (χ4v) is 4.06. The molecule has 1 aliphatic rings. The molecule has 1 N–H and O–H groups in total. The quantitative estimate of drug-likeness (QED) is 0.677. The lowest BCUT2D eigenvalue weighted by atomic mass is 9.95. The van der Waals surface area contributed by atoms with E-state index in [-0.39, 0.29) is 11.8 Å². The number of carbonyl (C=O) groups is 1. The summed E-state index contributed by atoms with van der Waals surface area (Å²) in [6, 6.07) is 14.2. The number of hydrogen-bond acceptors (Lipinski definition) is 5. The van der Waals surface area contributed by atoms with Crippen LogP contribution in [0.3, 0.4) is 0 Å². The molecule has 156 valence electrons. The van der Waals surface area contributed by atoms with Gasteiger partial charge in [-0.3, -0.25) is 9.69 Å². The van der Waals surface area contributed by atoms with E-state index in [0.717, 1.165) is 48.3 Å². The molecule has 0 spiro atoms. The second-order valence-electron chi connectivity index (χ2n) is 8.30. The molecule has 0 unspecified atom stereocenters. The Morgan fingerprint density at radius 1 is 1.07 bits per heavy atom. The lowest BCUT2D eigenvalue weighted by Gasteiger charge is -2.30. The van der Waals surface area contributed by atoms with Gasteiger partial charge in [-0.1, -0.05) is 35.0 Å². The number of amides is 1. The number of carbonyl (C=O) groups excluding carboxylic acids is 1. The maximum atomic E-state index is 12.7. The van der Waals surface area contributed by atoms with Crippen LogP contribution < -0.4 is 5.32 Å². The number of likely N-dealkylation sites (tertiary alicyclic amines) is 1. The molecule has 6 heteroatoms. The minimum atomic E-state index is 0.0348. The van der Waals surface area contributed by atoms with Crippen LogP contribution in [-0.2, 0) is 11.3 Å². The fourth-order valence-electron chi connectivity index (χ4n) is 4.06. The number of nitrogens with zero attached hydrogens (tertiary/aromatic N) is 3. The van der Waals surface area contributed by atoms with E-state index in [1.165, 1.54) is 5.56 Å². The summed E-state index contributed by atoms with van der Waals surface area (Å²) < 4.78 is 5.46. The summed E-state index contributed by atoms with van der Waals surface area (Å²) in [7, 11) is 0. The van der Waals surface area contributed by atoms with Crippen molar-refractivity contribution in [3.8, 4) is 11.4 Å². The summed E-state index contributed by atoms with van der Waals surface area (Å²) in [5.74, 6) is 1.38. The van der Waals surface area contributed by atoms with Crippen LogP contribution in [-0.4, -0.2) is 34.0 Å². The number of aryl methyl sites for hydroxylation is 3. The molecule has 1 aliphatic heterocycles. The maximum Gasteiger partial charge on any atom is 0.241 e. The minimum absolute atomic E-state index is 0.0348. The Bertz CT molecular complexity index is 1010. The first-order valence-electron chi connectivity index (χ1n) is 10.5. The standard InChI is InChI=1S/C24H28N4O2/c1-16-5-4-6-20(12-16)23-26-22(30-27-23)15-28-9-7-19(8-10-28)24(29)25-21-13-17(2)11-18(3)14-21/h4-6,11-14,19H,7-10,15H2,1-3H3,(H,25,29). The Hall–Kier alpha value is -2.99. The van der Waals surface area contributed by atoms with E-state index in [1.54, 1.807) is 0 Å². The Balaban J connectivity index is 1.30. The predicted octanol–water partition coefficient (Wildman–Crippen LogP) is 4.51. The predicted molar refractivity (Wildman–Crippen MR) is 117 cm³/mol. The second kappa shape index (κ2) is 8.79.